The predicted molar refractivity (Wildman–Crippen MR) is 103 cm³/mol. The molecule has 0 aromatic heterocycles. The fourth-order valence-electron chi connectivity index (χ4n) is 3.44. The summed E-state index contributed by atoms with van der Waals surface area (Å²) in [6.07, 6.45) is 3.37. The van der Waals surface area contributed by atoms with Crippen LogP contribution in [0.2, 0.25) is 0 Å². The van der Waals surface area contributed by atoms with Gasteiger partial charge < -0.3 is 15.0 Å². The van der Waals surface area contributed by atoms with Gasteiger partial charge in [0.1, 0.15) is 6.10 Å². The number of nitrogens with one attached hydrogen (secondary N) is 1. The van der Waals surface area contributed by atoms with Crippen molar-refractivity contribution in [2.45, 2.75) is 44.4 Å². The number of carbonyl (C=O) groups is 2. The van der Waals surface area contributed by atoms with Crippen molar-refractivity contribution >= 4 is 17.5 Å². The number of carbonyl (C=O) groups excluding carboxylic acids is 2. The van der Waals surface area contributed by atoms with Crippen LogP contribution in [0.15, 0.2) is 54.6 Å². The minimum absolute atomic E-state index is 0.00886. The minimum Gasteiger partial charge on any atom is -0.368 e. The molecule has 0 spiro atoms. The number of ether oxygens (including phenoxy) is 1. The van der Waals surface area contributed by atoms with Gasteiger partial charge in [0, 0.05) is 30.4 Å². The van der Waals surface area contributed by atoms with Crippen molar-refractivity contribution in [2.24, 2.45) is 0 Å². The number of nitrogens with zero attached hydrogens (tertiary/aromatic N) is 1. The lowest BCUT2D eigenvalue weighted by molar-refractivity contribution is -0.124. The van der Waals surface area contributed by atoms with Gasteiger partial charge in [-0.2, -0.15) is 0 Å². The van der Waals surface area contributed by atoms with E-state index >= 15 is 0 Å². The van der Waals surface area contributed by atoms with E-state index in [-0.39, 0.29) is 17.9 Å². The SMILES string of the molecule is O=C(Nc1cccc(C(=O)N(Cc2ccccc2)C2CC2)c1)[C@H]1CCCO1. The average molecular weight is 364 g/mol. The van der Waals surface area contributed by atoms with Gasteiger partial charge in [-0.1, -0.05) is 36.4 Å². The van der Waals surface area contributed by atoms with E-state index in [1.807, 2.05) is 53.4 Å². The van der Waals surface area contributed by atoms with E-state index in [1.165, 1.54) is 0 Å². The van der Waals surface area contributed by atoms with Gasteiger partial charge in [-0.05, 0) is 49.4 Å². The lowest BCUT2D eigenvalue weighted by Gasteiger charge is -2.23. The first-order valence-electron chi connectivity index (χ1n) is 9.58. The Kier molecular flexibility index (Phi) is 5.21. The van der Waals surface area contributed by atoms with Crippen LogP contribution in [0.3, 0.4) is 0 Å². The van der Waals surface area contributed by atoms with Crippen LogP contribution >= 0.6 is 0 Å². The van der Waals surface area contributed by atoms with Crippen LogP contribution in [0.1, 0.15) is 41.6 Å². The van der Waals surface area contributed by atoms with Gasteiger partial charge in [-0.15, -0.1) is 0 Å². The predicted octanol–water partition coefficient (Wildman–Crippen LogP) is 3.61. The van der Waals surface area contributed by atoms with E-state index in [0.717, 1.165) is 31.2 Å². The molecular weight excluding hydrogens is 340 g/mol. The first-order chi connectivity index (χ1) is 13.2. The minimum atomic E-state index is -0.384. The summed E-state index contributed by atoms with van der Waals surface area (Å²) in [5.74, 6) is -0.130. The van der Waals surface area contributed by atoms with Crippen LogP contribution in [0.5, 0.6) is 0 Å². The van der Waals surface area contributed by atoms with Crippen LogP contribution in [0.4, 0.5) is 5.69 Å². The standard InChI is InChI=1S/C22H24N2O3/c25-21(20-10-5-13-27-20)23-18-9-4-8-17(14-18)22(26)24(19-11-12-19)15-16-6-2-1-3-7-16/h1-4,6-9,14,19-20H,5,10-13,15H2,(H,23,25)/t20-/m1/s1. The normalized spacial score (nSPS) is 18.9. The Morgan fingerprint density at radius 2 is 1.85 bits per heavy atom. The van der Waals surface area contributed by atoms with Crippen LogP contribution < -0.4 is 5.32 Å². The third-order valence-electron chi connectivity index (χ3n) is 5.04. The molecule has 2 fully saturated rings. The Balaban J connectivity index is 1.47. The Bertz CT molecular complexity index is 811. The topological polar surface area (TPSA) is 58.6 Å². The summed E-state index contributed by atoms with van der Waals surface area (Å²) in [6.45, 7) is 1.24. The summed E-state index contributed by atoms with van der Waals surface area (Å²) in [5.41, 5.74) is 2.36. The van der Waals surface area contributed by atoms with Gasteiger partial charge in [-0.25, -0.2) is 0 Å². The Morgan fingerprint density at radius 3 is 2.56 bits per heavy atom. The zero-order valence-corrected chi connectivity index (χ0v) is 15.3. The smallest absolute Gasteiger partial charge is 0.254 e. The molecule has 0 radical (unpaired) electrons. The molecule has 1 saturated carbocycles. The summed E-state index contributed by atoms with van der Waals surface area (Å²) >= 11 is 0. The maximum Gasteiger partial charge on any atom is 0.254 e. The van der Waals surface area contributed by atoms with E-state index in [4.69, 9.17) is 4.74 Å². The van der Waals surface area contributed by atoms with Crippen LogP contribution in [0, 0.1) is 0 Å². The van der Waals surface area contributed by atoms with Crippen LogP contribution in [0.25, 0.3) is 0 Å². The molecule has 0 unspecified atom stereocenters. The molecule has 140 valence electrons. The molecule has 1 aliphatic heterocycles. The summed E-state index contributed by atoms with van der Waals surface area (Å²) in [5, 5.41) is 2.88. The Labute approximate surface area is 159 Å². The molecule has 2 aromatic carbocycles. The van der Waals surface area contributed by atoms with Gasteiger partial charge in [-0.3, -0.25) is 9.59 Å². The molecule has 2 amide bonds. The van der Waals surface area contributed by atoms with E-state index in [0.29, 0.717) is 30.4 Å². The molecule has 2 aromatic rings. The summed E-state index contributed by atoms with van der Waals surface area (Å²) in [7, 11) is 0. The quantitative estimate of drug-likeness (QED) is 0.852. The van der Waals surface area contributed by atoms with Crippen LogP contribution in [-0.4, -0.2) is 35.5 Å². The van der Waals surface area contributed by atoms with Crippen molar-refractivity contribution in [1.82, 2.24) is 4.90 Å². The van der Waals surface area contributed by atoms with Crippen molar-refractivity contribution in [1.29, 1.82) is 0 Å². The van der Waals surface area contributed by atoms with Crippen molar-refractivity contribution in [3.05, 3.63) is 65.7 Å². The summed E-state index contributed by atoms with van der Waals surface area (Å²) in [4.78, 5) is 27.3. The second-order valence-electron chi connectivity index (χ2n) is 7.22. The van der Waals surface area contributed by atoms with E-state index in [9.17, 15) is 9.59 Å². The molecule has 2 aliphatic rings. The molecule has 5 nitrogen and oxygen atoms in total. The van der Waals surface area contributed by atoms with Gasteiger partial charge in [0.05, 0.1) is 0 Å². The molecule has 0 bridgehead atoms. The zero-order chi connectivity index (χ0) is 18.6. The summed E-state index contributed by atoms with van der Waals surface area (Å²) < 4.78 is 5.42. The first-order valence-corrected chi connectivity index (χ1v) is 9.58. The fourth-order valence-corrected chi connectivity index (χ4v) is 3.44. The van der Waals surface area contributed by atoms with Gasteiger partial charge in [0.2, 0.25) is 0 Å². The van der Waals surface area contributed by atoms with Gasteiger partial charge in [0.25, 0.3) is 11.8 Å². The van der Waals surface area contributed by atoms with Crippen molar-refractivity contribution in [2.75, 3.05) is 11.9 Å². The third kappa shape index (κ3) is 4.37. The molecule has 1 atom stereocenters. The first kappa shape index (κ1) is 17.7. The maximum atomic E-state index is 13.1. The molecule has 27 heavy (non-hydrogen) atoms. The average Bonchev–Trinajstić information content (AvgIpc) is 3.39. The van der Waals surface area contributed by atoms with Crippen molar-refractivity contribution < 1.29 is 14.3 Å². The largest absolute Gasteiger partial charge is 0.368 e. The summed E-state index contributed by atoms with van der Waals surface area (Å²) in [6, 6.07) is 17.5. The highest BCUT2D eigenvalue weighted by Crippen LogP contribution is 2.30. The number of hydrogen-bond donors (Lipinski definition) is 1. The van der Waals surface area contributed by atoms with E-state index in [2.05, 4.69) is 5.32 Å². The lowest BCUT2D eigenvalue weighted by Crippen LogP contribution is -2.32. The highest BCUT2D eigenvalue weighted by Gasteiger charge is 2.33. The lowest BCUT2D eigenvalue weighted by atomic mass is 10.1. The monoisotopic (exact) mass is 364 g/mol. The Hall–Kier alpha value is -2.66. The van der Waals surface area contributed by atoms with Gasteiger partial charge in [0.15, 0.2) is 0 Å². The highest BCUT2D eigenvalue weighted by molar-refractivity contribution is 5.98. The molecule has 5 heteroatoms. The molecular formula is C22H24N2O3. The molecule has 1 heterocycles. The van der Waals surface area contributed by atoms with Crippen molar-refractivity contribution in [3.8, 4) is 0 Å². The number of anilines is 1. The number of hydrogen-bond acceptors (Lipinski definition) is 3. The fraction of sp³-hybridized carbons (Fsp3) is 0.364. The highest BCUT2D eigenvalue weighted by atomic mass is 16.5. The van der Waals surface area contributed by atoms with Crippen molar-refractivity contribution in [3.63, 3.8) is 0 Å². The maximum absolute atomic E-state index is 13.1. The molecule has 1 aliphatic carbocycles. The molecule has 1 N–H and O–H groups in total. The second-order valence-corrected chi connectivity index (χ2v) is 7.22. The third-order valence-corrected chi connectivity index (χ3v) is 5.04. The van der Waals surface area contributed by atoms with E-state index < -0.39 is 0 Å². The zero-order valence-electron chi connectivity index (χ0n) is 15.3. The Morgan fingerprint density at radius 1 is 1.04 bits per heavy atom. The molecule has 4 rings (SSSR count). The van der Waals surface area contributed by atoms with Gasteiger partial charge >= 0.3 is 0 Å². The number of benzene rings is 2. The second kappa shape index (κ2) is 7.92. The van der Waals surface area contributed by atoms with Crippen LogP contribution in [-0.2, 0) is 16.1 Å². The molecule has 1 saturated heterocycles. The van der Waals surface area contributed by atoms with E-state index in [1.54, 1.807) is 6.07 Å². The number of amides is 2. The number of rotatable bonds is 6.